The molecule has 0 aromatic heterocycles. The quantitative estimate of drug-likeness (QED) is 0.548. The monoisotopic (exact) mass is 399 g/mol. The van der Waals surface area contributed by atoms with E-state index in [1.165, 1.54) is 0 Å². The van der Waals surface area contributed by atoms with Crippen LogP contribution in [0.25, 0.3) is 0 Å². The molecule has 0 aliphatic heterocycles. The first kappa shape index (κ1) is 11.5. The summed E-state index contributed by atoms with van der Waals surface area (Å²) in [7, 11) is 20.1. The van der Waals surface area contributed by atoms with E-state index in [4.69, 9.17) is 37.2 Å². The Balaban J connectivity index is 0. The Labute approximate surface area is 74.5 Å². The van der Waals surface area contributed by atoms with Gasteiger partial charge in [-0.1, -0.05) is 0 Å². The van der Waals surface area contributed by atoms with Gasteiger partial charge in [0.15, 0.2) is 0 Å². The predicted octanol–water partition coefficient (Wildman–Crippen LogP) is 2.49. The van der Waals surface area contributed by atoms with Crippen LogP contribution in [-0.4, -0.2) is 0 Å². The molecule has 0 bridgehead atoms. The van der Waals surface area contributed by atoms with Crippen LogP contribution in [0.3, 0.4) is 0 Å². The second-order valence-electron chi connectivity index (χ2n) is 0.429. The van der Waals surface area contributed by atoms with Crippen molar-refractivity contribution in [3.05, 3.63) is 0 Å². The Morgan fingerprint density at radius 2 is 0.833 bits per heavy atom. The van der Waals surface area contributed by atoms with Crippen molar-refractivity contribution in [3.63, 3.8) is 0 Å². The van der Waals surface area contributed by atoms with E-state index in [0.717, 1.165) is 0 Å². The van der Waals surface area contributed by atoms with E-state index >= 15 is 0 Å². The number of hydrogen-bond donors (Lipinski definition) is 0. The number of halogens is 4. The molecule has 0 N–H and O–H groups in total. The standard InChI is InChI=1S/AtH.4ClH.Ti/h5*1H;/q;;;;;+4/p-4. The van der Waals surface area contributed by atoms with E-state index in [9.17, 15) is 0 Å². The summed E-state index contributed by atoms with van der Waals surface area (Å²) in [5, 5.41) is 0. The van der Waals surface area contributed by atoms with Crippen LogP contribution in [0.15, 0.2) is 0 Å². The zero-order chi connectivity index (χ0) is 4.50. The number of rotatable bonds is 0. The maximum atomic E-state index is 5.01. The van der Waals surface area contributed by atoms with E-state index in [2.05, 4.69) is 0 Å². The zero-order valence-electron chi connectivity index (χ0n) is 2.42. The van der Waals surface area contributed by atoms with Crippen LogP contribution in [0.1, 0.15) is 0 Å². The SMILES string of the molecule is [AtH].[Cl][Ti]([Cl])([Cl])[Cl]. The Hall–Kier alpha value is 2.76. The van der Waals surface area contributed by atoms with Crippen LogP contribution >= 0.6 is 37.2 Å². The summed E-state index contributed by atoms with van der Waals surface area (Å²) in [6, 6.07) is 0. The fourth-order valence-electron chi connectivity index (χ4n) is 0. The molecule has 0 aliphatic rings. The molecule has 0 fully saturated rings. The average molecular weight is 401 g/mol. The Morgan fingerprint density at radius 3 is 0.833 bits per heavy atom. The third-order valence-corrected chi connectivity index (χ3v) is 0. The van der Waals surface area contributed by atoms with Gasteiger partial charge in [0.2, 0.25) is 0 Å². The molecule has 0 aromatic carbocycles. The maximum absolute atomic E-state index is 5.01. The van der Waals surface area contributed by atoms with Crippen molar-refractivity contribution in [2.75, 3.05) is 0 Å². The van der Waals surface area contributed by atoms with Crippen LogP contribution < -0.4 is 0 Å². The second-order valence-corrected chi connectivity index (χ2v) is 15.9. The van der Waals surface area contributed by atoms with Gasteiger partial charge in [0, 0.05) is 0 Å². The summed E-state index contributed by atoms with van der Waals surface area (Å²) in [4.78, 5) is 0. The normalized spacial score (nSPS) is 10.0. The minimum absolute atomic E-state index is 0. The van der Waals surface area contributed by atoms with E-state index in [1.54, 1.807) is 0 Å². The molecule has 0 saturated carbocycles. The molecular formula is HAtCl4Ti. The summed E-state index contributed by atoms with van der Waals surface area (Å²) >= 11 is -3.11. The summed E-state index contributed by atoms with van der Waals surface area (Å²) in [5.41, 5.74) is 0. The summed E-state index contributed by atoms with van der Waals surface area (Å²) in [5.74, 6) is 0. The molecule has 0 heterocycles. The van der Waals surface area contributed by atoms with Gasteiger partial charge in [-0.25, -0.2) is 0 Å². The van der Waals surface area contributed by atoms with Gasteiger partial charge in [-0.3, -0.25) is 0 Å². The molecule has 6 heteroatoms. The average Bonchev–Trinajstić information content (AvgIpc) is 0.722. The Bertz CT molecular complexity index is 23.0. The topological polar surface area (TPSA) is 0 Å². The molecule has 0 spiro atoms. The molecule has 0 saturated heterocycles. The Kier molecular flexibility index (Phi) is 8.88. The molecule has 0 nitrogen and oxygen atoms in total. The third kappa shape index (κ3) is 29.5. The number of hydrogen-bond acceptors (Lipinski definition) is 0. The first-order valence-corrected chi connectivity index (χ1v) is 9.35. The van der Waals surface area contributed by atoms with Crippen molar-refractivity contribution in [2.45, 2.75) is 0 Å². The van der Waals surface area contributed by atoms with Gasteiger partial charge in [-0.05, 0) is 0 Å². The van der Waals surface area contributed by atoms with Crippen molar-refractivity contribution in [1.29, 1.82) is 0 Å². The van der Waals surface area contributed by atoms with Crippen molar-refractivity contribution in [1.82, 2.24) is 0 Å². The van der Waals surface area contributed by atoms with E-state index in [0.29, 0.717) is 0 Å². The van der Waals surface area contributed by atoms with Crippen LogP contribution in [0.4, 0.5) is 0 Å². The van der Waals surface area contributed by atoms with Gasteiger partial charge in [0.05, 0.1) is 0 Å². The van der Waals surface area contributed by atoms with Crippen molar-refractivity contribution in [2.24, 2.45) is 0 Å². The van der Waals surface area contributed by atoms with E-state index in [-0.39, 0.29) is 26.2 Å². The fraction of sp³-hybridized carbons (Fsp3) is 0. The fourth-order valence-corrected chi connectivity index (χ4v) is 0. The first-order valence-electron chi connectivity index (χ1n) is 0.756. The molecular weight excluding hydrogens is 400 g/mol. The molecule has 0 atom stereocenters. The molecule has 0 unspecified atom stereocenters. The first-order chi connectivity index (χ1) is 2.00. The molecule has 0 aliphatic carbocycles. The third-order valence-electron chi connectivity index (χ3n) is 0. The predicted molar refractivity (Wildman–Crippen MR) is 24.8 cm³/mol. The van der Waals surface area contributed by atoms with Crippen molar-refractivity contribution >= 4 is 37.2 Å². The molecule has 0 amide bonds. The Morgan fingerprint density at radius 1 is 0.833 bits per heavy atom. The van der Waals surface area contributed by atoms with Crippen LogP contribution in [-0.2, 0) is 12.3 Å². The molecule has 6 heavy (non-hydrogen) atoms. The van der Waals surface area contributed by atoms with Crippen LogP contribution in [0.5, 0.6) is 0 Å². The summed E-state index contributed by atoms with van der Waals surface area (Å²) in [6.45, 7) is 0. The van der Waals surface area contributed by atoms with Crippen LogP contribution in [0, 0.1) is 26.2 Å². The molecule has 40 valence electrons. The van der Waals surface area contributed by atoms with Crippen LogP contribution in [0.2, 0.25) is 0 Å². The molecule has 0 radical (unpaired) electrons. The van der Waals surface area contributed by atoms with Gasteiger partial charge in [0.1, 0.15) is 0 Å². The van der Waals surface area contributed by atoms with Gasteiger partial charge < -0.3 is 0 Å². The van der Waals surface area contributed by atoms with Gasteiger partial charge in [0.25, 0.3) is 0 Å². The van der Waals surface area contributed by atoms with E-state index < -0.39 is 12.3 Å². The van der Waals surface area contributed by atoms with E-state index in [1.807, 2.05) is 0 Å². The minimum atomic E-state index is -3.11. The van der Waals surface area contributed by atoms with Crippen molar-refractivity contribution < 1.29 is 38.5 Å². The zero-order valence-corrected chi connectivity index (χ0v) is 10.2. The second kappa shape index (κ2) is 4.62. The molecule has 0 rings (SSSR count). The summed E-state index contributed by atoms with van der Waals surface area (Å²) < 4.78 is 0. The molecule has 0 aromatic rings. The van der Waals surface area contributed by atoms with Gasteiger partial charge >= 0.3 is 75.8 Å². The van der Waals surface area contributed by atoms with Gasteiger partial charge in [-0.15, -0.1) is 0 Å². The summed E-state index contributed by atoms with van der Waals surface area (Å²) in [6.07, 6.45) is 0. The van der Waals surface area contributed by atoms with Gasteiger partial charge in [-0.2, -0.15) is 0 Å². The van der Waals surface area contributed by atoms with Crippen molar-refractivity contribution in [3.8, 4) is 0 Å².